The first kappa shape index (κ1) is 15.4. The molecule has 0 aromatic heterocycles. The van der Waals surface area contributed by atoms with Gasteiger partial charge in [-0.1, -0.05) is 11.6 Å². The van der Waals surface area contributed by atoms with Crippen molar-refractivity contribution in [3.63, 3.8) is 0 Å². The third kappa shape index (κ3) is 4.48. The Morgan fingerprint density at radius 2 is 2.00 bits per heavy atom. The molecule has 0 spiro atoms. The number of halogens is 2. The largest absolute Gasteiger partial charge is 0.325 e. The molecule has 0 fully saturated rings. The highest BCUT2D eigenvalue weighted by molar-refractivity contribution is 8.00. The van der Waals surface area contributed by atoms with Gasteiger partial charge in [0, 0.05) is 10.6 Å². The summed E-state index contributed by atoms with van der Waals surface area (Å²) in [5, 5.41) is 11.8. The fourth-order valence-corrected chi connectivity index (χ4v) is 2.48. The number of thioether (sulfide) groups is 1. The first-order valence-corrected chi connectivity index (χ1v) is 7.33. The molecule has 0 atom stereocenters. The zero-order chi connectivity index (χ0) is 15.2. The molecule has 0 saturated heterocycles. The molecule has 2 rings (SSSR count). The minimum atomic E-state index is -0.309. The normalized spacial score (nSPS) is 9.95. The topological polar surface area (TPSA) is 52.9 Å². The first-order valence-electron chi connectivity index (χ1n) is 5.96. The molecule has 2 aromatic carbocycles. The summed E-state index contributed by atoms with van der Waals surface area (Å²) >= 11 is 7.19. The fraction of sp³-hybridized carbons (Fsp3) is 0.0667. The van der Waals surface area contributed by atoms with Crippen molar-refractivity contribution in [3.05, 3.63) is 58.9 Å². The molecule has 0 saturated carbocycles. The molecular formula is C15H10ClFN2OS. The van der Waals surface area contributed by atoms with E-state index in [9.17, 15) is 9.18 Å². The Balaban J connectivity index is 1.91. The highest BCUT2D eigenvalue weighted by Gasteiger charge is 2.06. The molecule has 1 amide bonds. The van der Waals surface area contributed by atoms with Crippen LogP contribution in [-0.4, -0.2) is 11.7 Å². The molecule has 1 N–H and O–H groups in total. The molecule has 2 aromatic rings. The molecule has 0 aliphatic rings. The minimum absolute atomic E-state index is 0.198. The summed E-state index contributed by atoms with van der Waals surface area (Å²) in [4.78, 5) is 12.6. The lowest BCUT2D eigenvalue weighted by Crippen LogP contribution is -2.13. The van der Waals surface area contributed by atoms with Crippen LogP contribution in [0, 0.1) is 17.1 Å². The predicted octanol–water partition coefficient (Wildman–Crippen LogP) is 4.08. The summed E-state index contributed by atoms with van der Waals surface area (Å²) in [6.45, 7) is 0. The van der Waals surface area contributed by atoms with E-state index in [0.29, 0.717) is 16.3 Å². The average molecular weight is 321 g/mol. The Labute approximate surface area is 130 Å². The average Bonchev–Trinajstić information content (AvgIpc) is 2.47. The Hall–Kier alpha value is -2.03. The Bertz CT molecular complexity index is 698. The first-order chi connectivity index (χ1) is 10.1. The Morgan fingerprint density at radius 3 is 2.62 bits per heavy atom. The molecule has 0 aliphatic carbocycles. The maximum absolute atomic E-state index is 12.7. The number of hydrogen-bond donors (Lipinski definition) is 1. The van der Waals surface area contributed by atoms with Crippen LogP contribution in [0.2, 0.25) is 5.02 Å². The summed E-state index contributed by atoms with van der Waals surface area (Å²) in [6.07, 6.45) is 0. The monoisotopic (exact) mass is 320 g/mol. The van der Waals surface area contributed by atoms with E-state index in [1.165, 1.54) is 30.0 Å². The zero-order valence-electron chi connectivity index (χ0n) is 10.8. The van der Waals surface area contributed by atoms with Crippen LogP contribution in [0.3, 0.4) is 0 Å². The second kappa shape index (κ2) is 7.11. The van der Waals surface area contributed by atoms with Crippen LogP contribution in [0.4, 0.5) is 10.1 Å². The number of nitrogens with one attached hydrogen (secondary N) is 1. The van der Waals surface area contributed by atoms with Crippen molar-refractivity contribution in [1.82, 2.24) is 0 Å². The van der Waals surface area contributed by atoms with Gasteiger partial charge in [-0.3, -0.25) is 4.79 Å². The number of hydrogen-bond acceptors (Lipinski definition) is 3. The lowest BCUT2D eigenvalue weighted by molar-refractivity contribution is -0.113. The Kier molecular flexibility index (Phi) is 5.20. The summed E-state index contributed by atoms with van der Waals surface area (Å²) in [5.74, 6) is -0.315. The molecular weight excluding hydrogens is 311 g/mol. The van der Waals surface area contributed by atoms with E-state index in [-0.39, 0.29) is 17.5 Å². The number of nitrogens with zero attached hydrogens (tertiary/aromatic N) is 1. The van der Waals surface area contributed by atoms with Crippen molar-refractivity contribution in [2.24, 2.45) is 0 Å². The number of nitriles is 1. The summed E-state index contributed by atoms with van der Waals surface area (Å²) in [7, 11) is 0. The van der Waals surface area contributed by atoms with E-state index in [4.69, 9.17) is 16.9 Å². The number of carbonyl (C=O) groups is 1. The van der Waals surface area contributed by atoms with E-state index in [2.05, 4.69) is 5.32 Å². The van der Waals surface area contributed by atoms with E-state index in [1.807, 2.05) is 6.07 Å². The number of amides is 1. The van der Waals surface area contributed by atoms with Crippen LogP contribution in [0.25, 0.3) is 0 Å². The van der Waals surface area contributed by atoms with Crippen molar-refractivity contribution >= 4 is 35.0 Å². The standard InChI is InChI=1S/C15H10ClFN2OS/c16-14-7-12(4-1-10(14)8-18)19-15(20)9-21-13-5-2-11(17)3-6-13/h1-7H,9H2,(H,19,20). The third-order valence-electron chi connectivity index (χ3n) is 2.56. The second-order valence-electron chi connectivity index (χ2n) is 4.10. The van der Waals surface area contributed by atoms with Gasteiger partial charge in [0.15, 0.2) is 0 Å². The lowest BCUT2D eigenvalue weighted by atomic mass is 10.2. The van der Waals surface area contributed by atoms with Crippen LogP contribution >= 0.6 is 23.4 Å². The molecule has 106 valence electrons. The van der Waals surface area contributed by atoms with Gasteiger partial charge in [-0.15, -0.1) is 11.8 Å². The molecule has 21 heavy (non-hydrogen) atoms. The molecule has 0 radical (unpaired) electrons. The molecule has 3 nitrogen and oxygen atoms in total. The van der Waals surface area contributed by atoms with Gasteiger partial charge >= 0.3 is 0 Å². The molecule has 0 unspecified atom stereocenters. The fourth-order valence-electron chi connectivity index (χ4n) is 1.56. The van der Waals surface area contributed by atoms with Gasteiger partial charge in [0.2, 0.25) is 5.91 Å². The van der Waals surface area contributed by atoms with Crippen LogP contribution in [0.1, 0.15) is 5.56 Å². The SMILES string of the molecule is N#Cc1ccc(NC(=O)CSc2ccc(F)cc2)cc1Cl. The van der Waals surface area contributed by atoms with Gasteiger partial charge in [0.1, 0.15) is 11.9 Å². The highest BCUT2D eigenvalue weighted by Crippen LogP contribution is 2.21. The van der Waals surface area contributed by atoms with Crippen molar-refractivity contribution in [2.45, 2.75) is 4.90 Å². The van der Waals surface area contributed by atoms with Gasteiger partial charge in [-0.2, -0.15) is 5.26 Å². The summed E-state index contributed by atoms with van der Waals surface area (Å²) in [6, 6.07) is 12.6. The quantitative estimate of drug-likeness (QED) is 0.863. The minimum Gasteiger partial charge on any atom is -0.325 e. The van der Waals surface area contributed by atoms with Crippen molar-refractivity contribution < 1.29 is 9.18 Å². The molecule has 6 heteroatoms. The molecule has 0 aliphatic heterocycles. The van der Waals surface area contributed by atoms with Gasteiger partial charge in [-0.05, 0) is 42.5 Å². The number of carbonyl (C=O) groups excluding carboxylic acids is 1. The summed E-state index contributed by atoms with van der Waals surface area (Å²) in [5.41, 5.74) is 0.888. The van der Waals surface area contributed by atoms with Crippen LogP contribution < -0.4 is 5.32 Å². The van der Waals surface area contributed by atoms with Gasteiger partial charge < -0.3 is 5.32 Å². The maximum atomic E-state index is 12.7. The van der Waals surface area contributed by atoms with Crippen LogP contribution in [0.5, 0.6) is 0 Å². The van der Waals surface area contributed by atoms with Crippen LogP contribution in [0.15, 0.2) is 47.4 Å². The van der Waals surface area contributed by atoms with Crippen LogP contribution in [-0.2, 0) is 4.79 Å². The predicted molar refractivity (Wildman–Crippen MR) is 81.9 cm³/mol. The van der Waals surface area contributed by atoms with Gasteiger partial charge in [-0.25, -0.2) is 4.39 Å². The van der Waals surface area contributed by atoms with Crippen molar-refractivity contribution in [1.29, 1.82) is 5.26 Å². The van der Waals surface area contributed by atoms with Gasteiger partial charge in [0.05, 0.1) is 16.3 Å². The highest BCUT2D eigenvalue weighted by atomic mass is 35.5. The van der Waals surface area contributed by atoms with Gasteiger partial charge in [0.25, 0.3) is 0 Å². The van der Waals surface area contributed by atoms with E-state index in [1.54, 1.807) is 24.3 Å². The van der Waals surface area contributed by atoms with E-state index in [0.717, 1.165) is 4.90 Å². The number of anilines is 1. The molecule has 0 heterocycles. The summed E-state index contributed by atoms with van der Waals surface area (Å²) < 4.78 is 12.7. The maximum Gasteiger partial charge on any atom is 0.234 e. The second-order valence-corrected chi connectivity index (χ2v) is 5.55. The number of benzene rings is 2. The van der Waals surface area contributed by atoms with E-state index >= 15 is 0 Å². The molecule has 0 bridgehead atoms. The van der Waals surface area contributed by atoms with E-state index < -0.39 is 0 Å². The third-order valence-corrected chi connectivity index (χ3v) is 3.88. The van der Waals surface area contributed by atoms with Crippen molar-refractivity contribution in [3.8, 4) is 6.07 Å². The smallest absolute Gasteiger partial charge is 0.234 e. The number of rotatable bonds is 4. The zero-order valence-corrected chi connectivity index (χ0v) is 12.3. The van der Waals surface area contributed by atoms with Crippen molar-refractivity contribution in [2.75, 3.05) is 11.1 Å². The Morgan fingerprint density at radius 1 is 1.29 bits per heavy atom. The lowest BCUT2D eigenvalue weighted by Gasteiger charge is -2.06.